The van der Waals surface area contributed by atoms with Gasteiger partial charge in [-0.1, -0.05) is 68.9 Å². The Bertz CT molecular complexity index is 1040. The van der Waals surface area contributed by atoms with Crippen molar-refractivity contribution in [1.82, 2.24) is 10.3 Å². The number of benzene rings is 2. The van der Waals surface area contributed by atoms with Gasteiger partial charge in [0.25, 0.3) is 5.91 Å². The standard InChI is InChI=1S/C19H11BrCl3N3O2/c20-11-6-4-10(5-7-11)12-8-9-15(24-17(12)23)25-19(28)26-18(27)16-13(21)2-1-3-14(16)22/h1-9H,(H2,24,25,26,27,28). The van der Waals surface area contributed by atoms with Crippen molar-refractivity contribution in [2.75, 3.05) is 5.32 Å². The van der Waals surface area contributed by atoms with Gasteiger partial charge in [-0.3, -0.25) is 15.4 Å². The maximum atomic E-state index is 12.2. The third-order valence-electron chi connectivity index (χ3n) is 3.66. The van der Waals surface area contributed by atoms with Gasteiger partial charge in [-0.05, 0) is 42.0 Å². The Labute approximate surface area is 184 Å². The van der Waals surface area contributed by atoms with E-state index in [9.17, 15) is 9.59 Å². The summed E-state index contributed by atoms with van der Waals surface area (Å²) in [6, 6.07) is 14.7. The fourth-order valence-electron chi connectivity index (χ4n) is 2.38. The summed E-state index contributed by atoms with van der Waals surface area (Å²) >= 11 is 21.5. The number of carbonyl (C=O) groups is 2. The van der Waals surface area contributed by atoms with Crippen molar-refractivity contribution < 1.29 is 9.59 Å². The number of imide groups is 1. The number of carbonyl (C=O) groups excluding carboxylic acids is 2. The molecule has 0 saturated carbocycles. The first kappa shape index (κ1) is 20.6. The summed E-state index contributed by atoms with van der Waals surface area (Å²) < 4.78 is 0.943. The van der Waals surface area contributed by atoms with Crippen LogP contribution in [0.3, 0.4) is 0 Å². The van der Waals surface area contributed by atoms with Gasteiger partial charge in [-0.2, -0.15) is 0 Å². The van der Waals surface area contributed by atoms with Gasteiger partial charge in [0, 0.05) is 10.0 Å². The zero-order valence-electron chi connectivity index (χ0n) is 14.0. The van der Waals surface area contributed by atoms with E-state index < -0.39 is 11.9 Å². The molecule has 0 saturated heterocycles. The molecule has 0 unspecified atom stereocenters. The molecule has 2 aromatic carbocycles. The summed E-state index contributed by atoms with van der Waals surface area (Å²) in [6.07, 6.45) is 0. The van der Waals surface area contributed by atoms with Crippen molar-refractivity contribution >= 4 is 68.5 Å². The number of halogens is 4. The highest BCUT2D eigenvalue weighted by Crippen LogP contribution is 2.29. The van der Waals surface area contributed by atoms with Crippen molar-refractivity contribution in [3.63, 3.8) is 0 Å². The highest BCUT2D eigenvalue weighted by molar-refractivity contribution is 9.10. The van der Waals surface area contributed by atoms with Crippen LogP contribution in [0, 0.1) is 0 Å². The molecule has 0 aliphatic carbocycles. The Balaban J connectivity index is 1.71. The predicted octanol–water partition coefficient (Wildman–Crippen LogP) is 6.43. The van der Waals surface area contributed by atoms with Gasteiger partial charge in [0.15, 0.2) is 0 Å². The van der Waals surface area contributed by atoms with E-state index >= 15 is 0 Å². The smallest absolute Gasteiger partial charge is 0.292 e. The van der Waals surface area contributed by atoms with Gasteiger partial charge in [-0.25, -0.2) is 9.78 Å². The van der Waals surface area contributed by atoms with Gasteiger partial charge in [0.2, 0.25) is 0 Å². The number of rotatable bonds is 3. The third kappa shape index (κ3) is 4.83. The second-order valence-electron chi connectivity index (χ2n) is 5.55. The van der Waals surface area contributed by atoms with E-state index in [-0.39, 0.29) is 26.6 Å². The van der Waals surface area contributed by atoms with Crippen molar-refractivity contribution in [3.8, 4) is 11.1 Å². The fourth-order valence-corrected chi connectivity index (χ4v) is 3.47. The van der Waals surface area contributed by atoms with Crippen LogP contribution in [0.1, 0.15) is 10.4 Å². The number of urea groups is 1. The summed E-state index contributed by atoms with van der Waals surface area (Å²) in [5, 5.41) is 5.08. The lowest BCUT2D eigenvalue weighted by molar-refractivity contribution is 0.0967. The fraction of sp³-hybridized carbons (Fsp3) is 0. The van der Waals surface area contributed by atoms with Gasteiger partial charge >= 0.3 is 6.03 Å². The van der Waals surface area contributed by atoms with Crippen molar-refractivity contribution in [2.24, 2.45) is 0 Å². The van der Waals surface area contributed by atoms with Crippen LogP contribution < -0.4 is 10.6 Å². The number of anilines is 1. The Morgan fingerprint density at radius 2 is 1.54 bits per heavy atom. The van der Waals surface area contributed by atoms with E-state index in [1.54, 1.807) is 18.2 Å². The van der Waals surface area contributed by atoms with Crippen LogP contribution in [0.5, 0.6) is 0 Å². The molecule has 5 nitrogen and oxygen atoms in total. The first-order chi connectivity index (χ1) is 13.3. The molecule has 9 heteroatoms. The molecule has 0 radical (unpaired) electrons. The summed E-state index contributed by atoms with van der Waals surface area (Å²) in [6.45, 7) is 0. The van der Waals surface area contributed by atoms with Gasteiger partial charge in [0.1, 0.15) is 11.0 Å². The lowest BCUT2D eigenvalue weighted by Crippen LogP contribution is -2.34. The number of pyridine rings is 1. The van der Waals surface area contributed by atoms with Crippen LogP contribution in [-0.4, -0.2) is 16.9 Å². The summed E-state index contributed by atoms with van der Waals surface area (Å²) in [5.41, 5.74) is 1.59. The molecular weight excluding hydrogens is 488 g/mol. The molecule has 0 aliphatic heterocycles. The van der Waals surface area contributed by atoms with E-state index in [0.29, 0.717) is 5.56 Å². The minimum absolute atomic E-state index is 0.0116. The Kier molecular flexibility index (Phi) is 6.57. The van der Waals surface area contributed by atoms with Gasteiger partial charge < -0.3 is 0 Å². The van der Waals surface area contributed by atoms with E-state index in [1.165, 1.54) is 12.1 Å². The Morgan fingerprint density at radius 1 is 0.893 bits per heavy atom. The topological polar surface area (TPSA) is 71.1 Å². The van der Waals surface area contributed by atoms with Gasteiger partial charge in [-0.15, -0.1) is 0 Å². The average Bonchev–Trinajstić information content (AvgIpc) is 2.62. The Morgan fingerprint density at radius 3 is 2.14 bits per heavy atom. The zero-order valence-corrected chi connectivity index (χ0v) is 17.8. The van der Waals surface area contributed by atoms with Crippen LogP contribution >= 0.6 is 50.7 Å². The molecule has 1 heterocycles. The Hall–Kier alpha value is -2.12. The number of aromatic nitrogens is 1. The summed E-state index contributed by atoms with van der Waals surface area (Å²) in [4.78, 5) is 28.5. The molecule has 28 heavy (non-hydrogen) atoms. The maximum Gasteiger partial charge on any atom is 0.327 e. The second kappa shape index (κ2) is 8.92. The highest BCUT2D eigenvalue weighted by atomic mass is 79.9. The van der Waals surface area contributed by atoms with Crippen molar-refractivity contribution in [3.05, 3.63) is 79.8 Å². The monoisotopic (exact) mass is 497 g/mol. The van der Waals surface area contributed by atoms with E-state index in [0.717, 1.165) is 10.0 Å². The molecule has 0 spiro atoms. The molecule has 3 amide bonds. The highest BCUT2D eigenvalue weighted by Gasteiger charge is 2.17. The lowest BCUT2D eigenvalue weighted by Gasteiger charge is -2.10. The summed E-state index contributed by atoms with van der Waals surface area (Å²) in [5.74, 6) is -0.549. The number of amides is 3. The predicted molar refractivity (Wildman–Crippen MR) is 115 cm³/mol. The van der Waals surface area contributed by atoms with Crippen LogP contribution in [0.4, 0.5) is 10.6 Å². The molecule has 142 valence electrons. The number of hydrogen-bond acceptors (Lipinski definition) is 3. The molecule has 0 atom stereocenters. The van der Waals surface area contributed by atoms with Gasteiger partial charge in [0.05, 0.1) is 15.6 Å². The molecule has 3 rings (SSSR count). The number of nitrogens with zero attached hydrogens (tertiary/aromatic N) is 1. The number of hydrogen-bond donors (Lipinski definition) is 2. The molecular formula is C19H11BrCl3N3O2. The quantitative estimate of drug-likeness (QED) is 0.408. The minimum Gasteiger partial charge on any atom is -0.292 e. The lowest BCUT2D eigenvalue weighted by atomic mass is 10.1. The molecule has 1 aromatic heterocycles. The van der Waals surface area contributed by atoms with Crippen molar-refractivity contribution in [2.45, 2.75) is 0 Å². The van der Waals surface area contributed by atoms with Crippen LogP contribution in [0.25, 0.3) is 11.1 Å². The minimum atomic E-state index is -0.791. The molecule has 2 N–H and O–H groups in total. The number of nitrogens with one attached hydrogen (secondary N) is 2. The van der Waals surface area contributed by atoms with E-state index in [1.807, 2.05) is 24.3 Å². The first-order valence-electron chi connectivity index (χ1n) is 7.84. The summed E-state index contributed by atoms with van der Waals surface area (Å²) in [7, 11) is 0. The van der Waals surface area contributed by atoms with Crippen LogP contribution in [-0.2, 0) is 0 Å². The van der Waals surface area contributed by atoms with Crippen LogP contribution in [0.2, 0.25) is 15.2 Å². The SMILES string of the molecule is O=C(NC(=O)c1c(Cl)cccc1Cl)Nc1ccc(-c2ccc(Br)cc2)c(Cl)n1. The van der Waals surface area contributed by atoms with Crippen molar-refractivity contribution in [1.29, 1.82) is 0 Å². The second-order valence-corrected chi connectivity index (χ2v) is 7.63. The molecule has 0 aliphatic rings. The molecule has 3 aromatic rings. The largest absolute Gasteiger partial charge is 0.327 e. The maximum absolute atomic E-state index is 12.2. The third-order valence-corrected chi connectivity index (χ3v) is 5.11. The molecule has 0 bridgehead atoms. The van der Waals surface area contributed by atoms with E-state index in [2.05, 4.69) is 31.5 Å². The van der Waals surface area contributed by atoms with E-state index in [4.69, 9.17) is 34.8 Å². The zero-order chi connectivity index (χ0) is 20.3. The first-order valence-corrected chi connectivity index (χ1v) is 9.76. The van der Waals surface area contributed by atoms with Crippen LogP contribution in [0.15, 0.2) is 59.1 Å². The molecule has 0 fully saturated rings. The normalized spacial score (nSPS) is 10.4. The average molecular weight is 500 g/mol.